The molecule has 0 aliphatic carbocycles. The van der Waals surface area contributed by atoms with Crippen LogP contribution in [0.4, 0.5) is 0 Å². The summed E-state index contributed by atoms with van der Waals surface area (Å²) in [5.74, 6) is 0.891. The minimum atomic E-state index is -0.0219. The highest BCUT2D eigenvalue weighted by atomic mass is 16.5. The second-order valence-corrected chi connectivity index (χ2v) is 4.42. The first-order valence-corrected chi connectivity index (χ1v) is 6.45. The summed E-state index contributed by atoms with van der Waals surface area (Å²) in [7, 11) is 1.65. The number of benzene rings is 1. The topological polar surface area (TPSA) is 35.5 Å². The highest BCUT2D eigenvalue weighted by molar-refractivity contribution is 5.97. The average molecular weight is 250 g/mol. The molecule has 0 spiro atoms. The smallest absolute Gasteiger partial charge is 0.165 e. The van der Waals surface area contributed by atoms with Gasteiger partial charge in [-0.05, 0) is 25.0 Å². The molecular weight excluding hydrogens is 228 g/mol. The van der Waals surface area contributed by atoms with Crippen LogP contribution in [0, 0.1) is 5.92 Å². The van der Waals surface area contributed by atoms with E-state index in [9.17, 15) is 4.79 Å². The molecule has 0 heterocycles. The van der Waals surface area contributed by atoms with Crippen LogP contribution < -0.4 is 4.74 Å². The number of methoxy groups -OCH3 is 1. The average Bonchev–Trinajstić information content (AvgIpc) is 2.42. The van der Waals surface area contributed by atoms with E-state index in [1.165, 1.54) is 0 Å². The van der Waals surface area contributed by atoms with Crippen LogP contribution in [0.15, 0.2) is 24.3 Å². The van der Waals surface area contributed by atoms with Gasteiger partial charge in [-0.25, -0.2) is 0 Å². The first-order valence-electron chi connectivity index (χ1n) is 6.45. The number of rotatable bonds is 8. The maximum absolute atomic E-state index is 12.2. The van der Waals surface area contributed by atoms with Crippen molar-refractivity contribution in [3.05, 3.63) is 29.8 Å². The lowest BCUT2D eigenvalue weighted by atomic mass is 9.97. The summed E-state index contributed by atoms with van der Waals surface area (Å²) in [5, 5.41) is 0. The fraction of sp³-hybridized carbons (Fsp3) is 0.533. The molecule has 0 amide bonds. The third-order valence-corrected chi connectivity index (χ3v) is 2.79. The van der Waals surface area contributed by atoms with Gasteiger partial charge in [0, 0.05) is 25.2 Å². The van der Waals surface area contributed by atoms with Crippen LogP contribution >= 0.6 is 0 Å². The maximum Gasteiger partial charge on any atom is 0.165 e. The van der Waals surface area contributed by atoms with Crippen molar-refractivity contribution >= 4 is 5.78 Å². The predicted molar refractivity (Wildman–Crippen MR) is 72.2 cm³/mol. The maximum atomic E-state index is 12.2. The summed E-state index contributed by atoms with van der Waals surface area (Å²) in [6, 6.07) is 7.40. The van der Waals surface area contributed by atoms with Gasteiger partial charge in [0.15, 0.2) is 5.78 Å². The Hall–Kier alpha value is -1.35. The van der Waals surface area contributed by atoms with E-state index >= 15 is 0 Å². The lowest BCUT2D eigenvalue weighted by molar-refractivity contribution is 0.0893. The summed E-state index contributed by atoms with van der Waals surface area (Å²) >= 11 is 0. The number of hydrogen-bond acceptors (Lipinski definition) is 3. The number of carbonyl (C=O) groups is 1. The van der Waals surface area contributed by atoms with Gasteiger partial charge in [0.05, 0.1) is 6.61 Å². The van der Waals surface area contributed by atoms with Gasteiger partial charge in [0.25, 0.3) is 0 Å². The predicted octanol–water partition coefficient (Wildman–Crippen LogP) is 3.33. The first kappa shape index (κ1) is 14.7. The van der Waals surface area contributed by atoms with E-state index in [0.29, 0.717) is 18.8 Å². The SMILES string of the molecule is CCCOc1cccc(C(=O)C(C)CCOC)c1. The van der Waals surface area contributed by atoms with Crippen LogP contribution in [0.1, 0.15) is 37.0 Å². The van der Waals surface area contributed by atoms with E-state index in [0.717, 1.165) is 18.6 Å². The quantitative estimate of drug-likeness (QED) is 0.664. The highest BCUT2D eigenvalue weighted by Gasteiger charge is 2.15. The third-order valence-electron chi connectivity index (χ3n) is 2.79. The zero-order chi connectivity index (χ0) is 13.4. The Bertz CT molecular complexity index is 374. The molecule has 0 bridgehead atoms. The van der Waals surface area contributed by atoms with E-state index in [1.807, 2.05) is 31.2 Å². The number of carbonyl (C=O) groups excluding carboxylic acids is 1. The lowest BCUT2D eigenvalue weighted by Crippen LogP contribution is -2.13. The molecule has 1 atom stereocenters. The van der Waals surface area contributed by atoms with Crippen LogP contribution in [0.5, 0.6) is 5.75 Å². The largest absolute Gasteiger partial charge is 0.494 e. The molecule has 0 aliphatic rings. The molecule has 1 rings (SSSR count). The van der Waals surface area contributed by atoms with Crippen LogP contribution in [-0.2, 0) is 4.74 Å². The number of ketones is 1. The molecule has 3 heteroatoms. The Morgan fingerprint density at radius 3 is 2.78 bits per heavy atom. The van der Waals surface area contributed by atoms with Crippen LogP contribution in [0.25, 0.3) is 0 Å². The van der Waals surface area contributed by atoms with Crippen LogP contribution in [0.3, 0.4) is 0 Å². The monoisotopic (exact) mass is 250 g/mol. The van der Waals surface area contributed by atoms with E-state index in [1.54, 1.807) is 7.11 Å². The van der Waals surface area contributed by atoms with Crippen molar-refractivity contribution in [2.45, 2.75) is 26.7 Å². The van der Waals surface area contributed by atoms with Crippen LogP contribution in [-0.4, -0.2) is 26.1 Å². The van der Waals surface area contributed by atoms with Gasteiger partial charge in [-0.2, -0.15) is 0 Å². The van der Waals surface area contributed by atoms with E-state index in [2.05, 4.69) is 6.92 Å². The van der Waals surface area contributed by atoms with E-state index in [4.69, 9.17) is 9.47 Å². The number of ether oxygens (including phenoxy) is 2. The van der Waals surface area contributed by atoms with Crippen molar-refractivity contribution in [2.24, 2.45) is 5.92 Å². The standard InChI is InChI=1S/C15H22O3/c1-4-9-18-14-7-5-6-13(11-14)15(16)12(2)8-10-17-3/h5-7,11-12H,4,8-10H2,1-3H3. The van der Waals surface area contributed by atoms with E-state index in [-0.39, 0.29) is 11.7 Å². The third kappa shape index (κ3) is 4.49. The molecule has 0 saturated carbocycles. The minimum absolute atomic E-state index is 0.0219. The summed E-state index contributed by atoms with van der Waals surface area (Å²) in [5.41, 5.74) is 0.715. The van der Waals surface area contributed by atoms with Gasteiger partial charge in [-0.3, -0.25) is 4.79 Å². The van der Waals surface area contributed by atoms with Crippen molar-refractivity contribution in [2.75, 3.05) is 20.3 Å². The Kier molecular flexibility index (Phi) is 6.44. The van der Waals surface area contributed by atoms with Crippen molar-refractivity contribution < 1.29 is 14.3 Å². The molecule has 1 aromatic rings. The molecule has 0 aliphatic heterocycles. The summed E-state index contributed by atoms with van der Waals surface area (Å²) in [6.45, 7) is 5.28. The minimum Gasteiger partial charge on any atom is -0.494 e. The zero-order valence-electron chi connectivity index (χ0n) is 11.4. The summed E-state index contributed by atoms with van der Waals surface area (Å²) in [6.07, 6.45) is 1.71. The fourth-order valence-electron chi connectivity index (χ4n) is 1.67. The molecule has 100 valence electrons. The number of hydrogen-bond donors (Lipinski definition) is 0. The Balaban J connectivity index is 2.67. The molecule has 0 N–H and O–H groups in total. The van der Waals surface area contributed by atoms with Crippen molar-refractivity contribution in [1.82, 2.24) is 0 Å². The Morgan fingerprint density at radius 2 is 2.11 bits per heavy atom. The fourth-order valence-corrected chi connectivity index (χ4v) is 1.67. The molecule has 0 fully saturated rings. The van der Waals surface area contributed by atoms with Gasteiger partial charge in [-0.15, -0.1) is 0 Å². The number of Topliss-reactive ketones (excluding diaryl/α,β-unsaturated/α-hetero) is 1. The van der Waals surface area contributed by atoms with Gasteiger partial charge in [0.1, 0.15) is 5.75 Å². The second kappa shape index (κ2) is 7.88. The van der Waals surface area contributed by atoms with Crippen molar-refractivity contribution in [1.29, 1.82) is 0 Å². The lowest BCUT2D eigenvalue weighted by Gasteiger charge is -2.11. The van der Waals surface area contributed by atoms with Gasteiger partial charge >= 0.3 is 0 Å². The molecular formula is C15H22O3. The molecule has 0 radical (unpaired) electrons. The normalized spacial score (nSPS) is 12.2. The molecule has 0 saturated heterocycles. The molecule has 1 unspecified atom stereocenters. The summed E-state index contributed by atoms with van der Waals surface area (Å²) < 4.78 is 10.5. The van der Waals surface area contributed by atoms with Crippen LogP contribution in [0.2, 0.25) is 0 Å². The second-order valence-electron chi connectivity index (χ2n) is 4.42. The van der Waals surface area contributed by atoms with Gasteiger partial charge in [-0.1, -0.05) is 26.0 Å². The summed E-state index contributed by atoms with van der Waals surface area (Å²) in [4.78, 5) is 12.2. The molecule has 1 aromatic carbocycles. The Morgan fingerprint density at radius 1 is 1.33 bits per heavy atom. The van der Waals surface area contributed by atoms with Gasteiger partial charge < -0.3 is 9.47 Å². The first-order chi connectivity index (χ1) is 8.69. The van der Waals surface area contributed by atoms with Crippen molar-refractivity contribution in [3.63, 3.8) is 0 Å². The molecule has 0 aromatic heterocycles. The highest BCUT2D eigenvalue weighted by Crippen LogP contribution is 2.18. The molecule has 3 nitrogen and oxygen atoms in total. The van der Waals surface area contributed by atoms with E-state index < -0.39 is 0 Å². The zero-order valence-corrected chi connectivity index (χ0v) is 11.4. The molecule has 18 heavy (non-hydrogen) atoms. The van der Waals surface area contributed by atoms with Crippen molar-refractivity contribution in [3.8, 4) is 5.75 Å². The Labute approximate surface area is 109 Å². The van der Waals surface area contributed by atoms with Gasteiger partial charge in [0.2, 0.25) is 0 Å².